The first-order valence-corrected chi connectivity index (χ1v) is 13.6. The second kappa shape index (κ2) is 12.9. The topological polar surface area (TPSA) is 206 Å². The van der Waals surface area contributed by atoms with E-state index >= 15 is 0 Å². The van der Waals surface area contributed by atoms with Crippen molar-refractivity contribution in [3.8, 4) is 0 Å². The molecule has 1 aromatic heterocycles. The summed E-state index contributed by atoms with van der Waals surface area (Å²) in [6, 6.07) is 11.0. The summed E-state index contributed by atoms with van der Waals surface area (Å²) in [4.78, 5) is 53.1. The van der Waals surface area contributed by atoms with Gasteiger partial charge in [0.2, 0.25) is 11.8 Å². The smallest absolute Gasteiger partial charge is 0.330 e. The van der Waals surface area contributed by atoms with Gasteiger partial charge < -0.3 is 26.6 Å². The molecule has 0 aliphatic rings. The molecule has 6 N–H and O–H groups in total. The molecule has 0 aliphatic heterocycles. The van der Waals surface area contributed by atoms with Crippen LogP contribution in [-0.2, 0) is 34.8 Å². The van der Waals surface area contributed by atoms with Crippen molar-refractivity contribution < 1.29 is 39.2 Å². The highest BCUT2D eigenvalue weighted by molar-refractivity contribution is 7.90. The van der Waals surface area contributed by atoms with Crippen LogP contribution < -0.4 is 16.4 Å². The first kappa shape index (κ1) is 27.7. The van der Waals surface area contributed by atoms with Gasteiger partial charge in [0.05, 0.1) is 17.0 Å². The number of nitrogens with zero attached hydrogens (tertiary/aromatic N) is 1. The molecule has 0 saturated carbocycles. The maximum absolute atomic E-state index is 13.3. The van der Waals surface area contributed by atoms with E-state index in [0.29, 0.717) is 16.5 Å². The van der Waals surface area contributed by atoms with Gasteiger partial charge in [0.25, 0.3) is 0 Å². The van der Waals surface area contributed by atoms with Gasteiger partial charge in [-0.2, -0.15) is 0 Å². The van der Waals surface area contributed by atoms with E-state index in [2.05, 4.69) is 10.3 Å². The molecule has 1 unspecified atom stereocenters. The van der Waals surface area contributed by atoms with E-state index in [0.717, 1.165) is 0 Å². The highest BCUT2D eigenvalue weighted by atomic mass is 32.2. The van der Waals surface area contributed by atoms with Crippen LogP contribution in [0, 0.1) is 0 Å². The van der Waals surface area contributed by atoms with E-state index in [-0.39, 0.29) is 17.3 Å². The average molecular weight is 558 g/mol. The second-order valence-electron chi connectivity index (χ2n) is 8.76. The van der Waals surface area contributed by atoms with Crippen molar-refractivity contribution in [2.75, 3.05) is 5.75 Å². The SMILES string of the molecule is [2H]N(C(=O)CC[C@H](N)C(=O)O)[C@@H](CS(=O)(=O)Cc1cccc2cccnc12)C(=O)NC(C(=O)O)c1ccccc1. The van der Waals surface area contributed by atoms with Crippen molar-refractivity contribution >= 4 is 44.5 Å². The van der Waals surface area contributed by atoms with E-state index in [1.165, 1.54) is 18.3 Å². The van der Waals surface area contributed by atoms with Gasteiger partial charge in [-0.05, 0) is 23.6 Å². The summed E-state index contributed by atoms with van der Waals surface area (Å²) in [5.74, 6) is -6.66. The van der Waals surface area contributed by atoms with E-state index in [1.807, 2.05) is 0 Å². The lowest BCUT2D eigenvalue weighted by atomic mass is 10.1. The predicted octanol–water partition coefficient (Wildman–Crippen LogP) is 0.769. The van der Waals surface area contributed by atoms with Gasteiger partial charge >= 0.3 is 11.9 Å². The fraction of sp³-hybridized carbons (Fsp3) is 0.269. The first-order chi connectivity index (χ1) is 18.9. The highest BCUT2D eigenvalue weighted by Crippen LogP contribution is 2.19. The molecule has 39 heavy (non-hydrogen) atoms. The Hall–Kier alpha value is -4.36. The van der Waals surface area contributed by atoms with Crippen LogP contribution in [0.25, 0.3) is 10.9 Å². The Morgan fingerprint density at radius 1 is 0.974 bits per heavy atom. The molecular weight excluding hydrogens is 528 g/mol. The van der Waals surface area contributed by atoms with Gasteiger partial charge in [-0.3, -0.25) is 19.4 Å². The Morgan fingerprint density at radius 2 is 1.67 bits per heavy atom. The minimum absolute atomic E-state index is 0.132. The van der Waals surface area contributed by atoms with Gasteiger partial charge in [0, 0.05) is 18.0 Å². The number of nitrogens with one attached hydrogen (secondary N) is 2. The van der Waals surface area contributed by atoms with Gasteiger partial charge in [-0.1, -0.05) is 54.6 Å². The number of carbonyl (C=O) groups is 4. The standard InChI is InChI=1S/C26H28N4O8S/c27-19(25(33)34)11-12-21(31)29-20(24(32)30-23(26(35)36)17-6-2-1-3-7-17)15-39(37,38)14-18-9-4-8-16-10-5-13-28-22(16)18/h1-10,13,19-20,23H,11-12,14-15,27H2,(H,29,31)(H,30,32)(H,33,34)(H,35,36)/t19-,20-,23?/m0/s1/i/hD. The molecule has 0 aliphatic carbocycles. The van der Waals surface area contributed by atoms with Crippen molar-refractivity contribution in [3.05, 3.63) is 78.0 Å². The number of sulfone groups is 1. The van der Waals surface area contributed by atoms with Gasteiger partial charge in [0.1, 0.15) is 12.1 Å². The Balaban J connectivity index is 1.90. The third-order valence-corrected chi connectivity index (χ3v) is 7.33. The molecule has 13 heteroatoms. The Morgan fingerprint density at radius 3 is 2.33 bits per heavy atom. The Kier molecular flexibility index (Phi) is 9.18. The zero-order chi connectivity index (χ0) is 29.4. The van der Waals surface area contributed by atoms with Crippen LogP contribution in [0.4, 0.5) is 0 Å². The number of benzene rings is 2. The third kappa shape index (κ3) is 8.32. The summed E-state index contributed by atoms with van der Waals surface area (Å²) < 4.78 is 34.8. The number of fused-ring (bicyclic) bond motifs is 1. The predicted molar refractivity (Wildman–Crippen MR) is 141 cm³/mol. The number of rotatable bonds is 13. The number of amides is 2. The van der Waals surface area contributed by atoms with Crippen LogP contribution in [0.15, 0.2) is 66.9 Å². The highest BCUT2D eigenvalue weighted by Gasteiger charge is 2.31. The fourth-order valence-electron chi connectivity index (χ4n) is 3.80. The van der Waals surface area contributed by atoms with Crippen LogP contribution >= 0.6 is 0 Å². The molecule has 3 aromatic rings. The summed E-state index contributed by atoms with van der Waals surface area (Å²) >= 11 is 0. The molecule has 1 heterocycles. The van der Waals surface area contributed by atoms with Crippen molar-refractivity contribution in [1.82, 2.24) is 15.6 Å². The lowest BCUT2D eigenvalue weighted by Crippen LogP contribution is -2.52. The van der Waals surface area contributed by atoms with E-state index in [1.54, 1.807) is 48.5 Å². The number of nitrogens with two attached hydrogens (primary N) is 1. The number of aliphatic carboxylic acids is 2. The molecular formula is C26H28N4O8S. The normalized spacial score (nSPS) is 14.0. The molecule has 2 aromatic carbocycles. The molecule has 2 amide bonds. The maximum Gasteiger partial charge on any atom is 0.330 e. The zero-order valence-electron chi connectivity index (χ0n) is 21.6. The van der Waals surface area contributed by atoms with E-state index in [9.17, 15) is 32.7 Å². The summed E-state index contributed by atoms with van der Waals surface area (Å²) in [6.45, 7) is 0. The van der Waals surface area contributed by atoms with Crippen molar-refractivity contribution in [2.24, 2.45) is 5.73 Å². The molecule has 3 atom stereocenters. The van der Waals surface area contributed by atoms with Gasteiger partial charge in [-0.25, -0.2) is 13.2 Å². The lowest BCUT2D eigenvalue weighted by molar-refractivity contribution is -0.142. The van der Waals surface area contributed by atoms with Crippen LogP contribution in [0.1, 0.15) is 30.0 Å². The van der Waals surface area contributed by atoms with Crippen LogP contribution in [0.5, 0.6) is 0 Å². The minimum atomic E-state index is -4.20. The molecule has 0 saturated heterocycles. The van der Waals surface area contributed by atoms with Gasteiger partial charge in [0.15, 0.2) is 17.3 Å². The Labute approximate surface area is 225 Å². The molecule has 0 fully saturated rings. The quantitative estimate of drug-likeness (QED) is 0.199. The molecule has 0 spiro atoms. The second-order valence-corrected chi connectivity index (χ2v) is 10.9. The number of carboxylic acids is 2. The van der Waals surface area contributed by atoms with Crippen LogP contribution in [-0.4, -0.2) is 65.2 Å². The summed E-state index contributed by atoms with van der Waals surface area (Å²) in [5.41, 5.74) is 6.36. The first-order valence-electron chi connectivity index (χ1n) is 12.2. The average Bonchev–Trinajstić information content (AvgIpc) is 2.92. The third-order valence-electron chi connectivity index (χ3n) is 5.76. The molecule has 3 rings (SSSR count). The lowest BCUT2D eigenvalue weighted by Gasteiger charge is -2.22. The minimum Gasteiger partial charge on any atom is -0.480 e. The number of hydrogen-bond acceptors (Lipinski definition) is 8. The summed E-state index contributed by atoms with van der Waals surface area (Å²) in [6.07, 6.45) is 0.569. The van der Waals surface area contributed by atoms with Crippen molar-refractivity contribution in [1.29, 1.82) is 0 Å². The molecule has 206 valence electrons. The summed E-state index contributed by atoms with van der Waals surface area (Å²) in [5, 5.41) is 21.7. The molecule has 0 radical (unpaired) electrons. The van der Waals surface area contributed by atoms with Gasteiger partial charge in [-0.15, -0.1) is 0 Å². The monoisotopic (exact) mass is 557 g/mol. The maximum atomic E-state index is 13.3. The largest absolute Gasteiger partial charge is 0.480 e. The Bertz CT molecular complexity index is 1500. The summed E-state index contributed by atoms with van der Waals surface area (Å²) in [7, 11) is -4.20. The van der Waals surface area contributed by atoms with E-state index in [4.69, 9.17) is 12.3 Å². The molecule has 12 nitrogen and oxygen atoms in total. The number of aromatic nitrogens is 1. The van der Waals surface area contributed by atoms with Crippen molar-refractivity contribution in [3.63, 3.8) is 0 Å². The van der Waals surface area contributed by atoms with Crippen LogP contribution in [0.2, 0.25) is 1.41 Å². The molecule has 0 bridgehead atoms. The fourth-order valence-corrected chi connectivity index (χ4v) is 5.34. The number of hydrogen-bond donors (Lipinski definition) is 5. The van der Waals surface area contributed by atoms with Crippen molar-refractivity contribution in [2.45, 2.75) is 36.7 Å². The number of pyridine rings is 1. The zero-order valence-corrected chi connectivity index (χ0v) is 21.5. The number of carbonyl (C=O) groups excluding carboxylic acids is 2. The van der Waals surface area contributed by atoms with Crippen LogP contribution in [0.3, 0.4) is 0 Å². The van der Waals surface area contributed by atoms with E-state index < -0.39 is 69.6 Å². The number of carboxylic acid groups (broad SMARTS) is 2. The number of para-hydroxylation sites is 1.